The van der Waals surface area contributed by atoms with Gasteiger partial charge < -0.3 is 4.74 Å². The summed E-state index contributed by atoms with van der Waals surface area (Å²) in [6.45, 7) is 8.36. The number of hydrogen-bond donors (Lipinski definition) is 0. The molecule has 72 valence electrons. The number of rotatable bonds is 3. The molecule has 0 aliphatic heterocycles. The van der Waals surface area contributed by atoms with E-state index in [4.69, 9.17) is 4.74 Å². The maximum Gasteiger partial charge on any atom is 0.122 e. The highest BCUT2D eigenvalue weighted by Gasteiger charge is 2.01. The average Bonchev–Trinajstić information content (AvgIpc) is 2.08. The Morgan fingerprint density at radius 1 is 1.31 bits per heavy atom. The Balaban J connectivity index is 2.85. The second-order valence-electron chi connectivity index (χ2n) is 3.62. The highest BCUT2D eigenvalue weighted by molar-refractivity contribution is 5.36. The monoisotopic (exact) mass is 178 g/mol. The molecular formula is C12H18O. The highest BCUT2D eigenvalue weighted by atomic mass is 16.5. The standard InChI is InChI=1S/C12H18O/c1-5-11-6-7-12(10(4)8-11)13-9(2)3/h6-9H,5H2,1-4H3. The zero-order chi connectivity index (χ0) is 9.84. The number of ether oxygens (including phenoxy) is 1. The lowest BCUT2D eigenvalue weighted by molar-refractivity contribution is 0.240. The molecule has 0 radical (unpaired) electrons. The Morgan fingerprint density at radius 3 is 2.46 bits per heavy atom. The SMILES string of the molecule is CCc1ccc(OC(C)C)c(C)c1. The lowest BCUT2D eigenvalue weighted by Gasteiger charge is -2.12. The summed E-state index contributed by atoms with van der Waals surface area (Å²) in [5, 5.41) is 0. The van der Waals surface area contributed by atoms with Gasteiger partial charge in [-0.15, -0.1) is 0 Å². The van der Waals surface area contributed by atoms with Crippen LogP contribution in [0.1, 0.15) is 31.9 Å². The van der Waals surface area contributed by atoms with E-state index in [1.807, 2.05) is 13.8 Å². The summed E-state index contributed by atoms with van der Waals surface area (Å²) in [7, 11) is 0. The molecule has 0 saturated heterocycles. The molecule has 0 saturated carbocycles. The molecule has 0 aromatic heterocycles. The zero-order valence-electron chi connectivity index (χ0n) is 8.92. The molecule has 1 aromatic rings. The van der Waals surface area contributed by atoms with E-state index < -0.39 is 0 Å². The van der Waals surface area contributed by atoms with Crippen LogP contribution in [0.4, 0.5) is 0 Å². The van der Waals surface area contributed by atoms with Gasteiger partial charge in [0.05, 0.1) is 6.10 Å². The fraction of sp³-hybridized carbons (Fsp3) is 0.500. The van der Waals surface area contributed by atoms with Gasteiger partial charge in [-0.2, -0.15) is 0 Å². The molecule has 0 fully saturated rings. The van der Waals surface area contributed by atoms with E-state index in [1.165, 1.54) is 11.1 Å². The molecule has 0 amide bonds. The van der Waals surface area contributed by atoms with Gasteiger partial charge in [-0.3, -0.25) is 0 Å². The molecule has 0 heterocycles. The third-order valence-corrected chi connectivity index (χ3v) is 2.01. The maximum atomic E-state index is 5.64. The fourth-order valence-electron chi connectivity index (χ4n) is 1.32. The van der Waals surface area contributed by atoms with E-state index in [2.05, 4.69) is 32.0 Å². The molecule has 1 aromatic carbocycles. The first-order valence-electron chi connectivity index (χ1n) is 4.89. The van der Waals surface area contributed by atoms with Crippen LogP contribution in [-0.2, 0) is 6.42 Å². The van der Waals surface area contributed by atoms with Gasteiger partial charge in [-0.1, -0.05) is 19.1 Å². The Morgan fingerprint density at radius 2 is 2.00 bits per heavy atom. The third-order valence-electron chi connectivity index (χ3n) is 2.01. The Hall–Kier alpha value is -0.980. The largest absolute Gasteiger partial charge is 0.491 e. The summed E-state index contributed by atoms with van der Waals surface area (Å²) in [5.41, 5.74) is 2.60. The Labute approximate surface area is 80.7 Å². The molecule has 1 nitrogen and oxygen atoms in total. The van der Waals surface area contributed by atoms with Crippen molar-refractivity contribution in [3.63, 3.8) is 0 Å². The predicted octanol–water partition coefficient (Wildman–Crippen LogP) is 3.34. The summed E-state index contributed by atoms with van der Waals surface area (Å²) in [5.74, 6) is 1.01. The summed E-state index contributed by atoms with van der Waals surface area (Å²) in [6, 6.07) is 6.39. The molecule has 0 atom stereocenters. The van der Waals surface area contributed by atoms with Crippen molar-refractivity contribution in [1.29, 1.82) is 0 Å². The van der Waals surface area contributed by atoms with E-state index in [-0.39, 0.29) is 6.10 Å². The summed E-state index contributed by atoms with van der Waals surface area (Å²) in [6.07, 6.45) is 1.34. The molecule has 13 heavy (non-hydrogen) atoms. The van der Waals surface area contributed by atoms with Crippen molar-refractivity contribution in [3.8, 4) is 5.75 Å². The smallest absolute Gasteiger partial charge is 0.122 e. The first-order valence-corrected chi connectivity index (χ1v) is 4.89. The van der Waals surface area contributed by atoms with Crippen LogP contribution in [0.15, 0.2) is 18.2 Å². The number of hydrogen-bond acceptors (Lipinski definition) is 1. The van der Waals surface area contributed by atoms with Crippen molar-refractivity contribution < 1.29 is 4.74 Å². The minimum Gasteiger partial charge on any atom is -0.491 e. The molecule has 0 aliphatic carbocycles. The molecule has 1 heteroatoms. The Kier molecular flexibility index (Phi) is 3.35. The van der Waals surface area contributed by atoms with Crippen LogP contribution in [0, 0.1) is 6.92 Å². The lowest BCUT2D eigenvalue weighted by Crippen LogP contribution is -2.06. The average molecular weight is 178 g/mol. The van der Waals surface area contributed by atoms with Gasteiger partial charge in [0, 0.05) is 0 Å². The first kappa shape index (κ1) is 10.1. The Bertz CT molecular complexity index is 276. The van der Waals surface area contributed by atoms with Crippen molar-refractivity contribution in [2.24, 2.45) is 0 Å². The summed E-state index contributed by atoms with van der Waals surface area (Å²) >= 11 is 0. The highest BCUT2D eigenvalue weighted by Crippen LogP contribution is 2.20. The van der Waals surface area contributed by atoms with Gasteiger partial charge in [-0.25, -0.2) is 0 Å². The van der Waals surface area contributed by atoms with Gasteiger partial charge in [0.2, 0.25) is 0 Å². The van der Waals surface area contributed by atoms with Crippen LogP contribution >= 0.6 is 0 Å². The molecule has 0 spiro atoms. The van der Waals surface area contributed by atoms with Crippen molar-refractivity contribution in [1.82, 2.24) is 0 Å². The van der Waals surface area contributed by atoms with Gasteiger partial charge in [0.25, 0.3) is 0 Å². The second kappa shape index (κ2) is 4.31. The maximum absolute atomic E-state index is 5.64. The van der Waals surface area contributed by atoms with Crippen LogP contribution < -0.4 is 4.74 Å². The zero-order valence-corrected chi connectivity index (χ0v) is 8.92. The number of benzene rings is 1. The second-order valence-corrected chi connectivity index (χ2v) is 3.62. The minimum atomic E-state index is 0.256. The number of aryl methyl sites for hydroxylation is 2. The molecule has 0 aliphatic rings. The fourth-order valence-corrected chi connectivity index (χ4v) is 1.32. The first-order chi connectivity index (χ1) is 6.13. The van der Waals surface area contributed by atoms with Crippen LogP contribution in [0.25, 0.3) is 0 Å². The normalized spacial score (nSPS) is 10.5. The molecule has 0 N–H and O–H groups in total. The van der Waals surface area contributed by atoms with Crippen molar-refractivity contribution in [2.45, 2.75) is 40.2 Å². The van der Waals surface area contributed by atoms with Gasteiger partial charge in [0.1, 0.15) is 5.75 Å². The van der Waals surface area contributed by atoms with Crippen molar-refractivity contribution in [2.75, 3.05) is 0 Å². The van der Waals surface area contributed by atoms with Crippen LogP contribution in [0.3, 0.4) is 0 Å². The van der Waals surface area contributed by atoms with Crippen molar-refractivity contribution in [3.05, 3.63) is 29.3 Å². The van der Waals surface area contributed by atoms with Gasteiger partial charge in [0.15, 0.2) is 0 Å². The van der Waals surface area contributed by atoms with Crippen LogP contribution in [0.2, 0.25) is 0 Å². The lowest BCUT2D eigenvalue weighted by atomic mass is 10.1. The molecule has 1 rings (SSSR count). The van der Waals surface area contributed by atoms with Gasteiger partial charge >= 0.3 is 0 Å². The van der Waals surface area contributed by atoms with E-state index in [1.54, 1.807) is 0 Å². The van der Waals surface area contributed by atoms with E-state index >= 15 is 0 Å². The molecule has 0 unspecified atom stereocenters. The quantitative estimate of drug-likeness (QED) is 0.689. The van der Waals surface area contributed by atoms with Crippen molar-refractivity contribution >= 4 is 0 Å². The topological polar surface area (TPSA) is 9.23 Å². The summed E-state index contributed by atoms with van der Waals surface area (Å²) in [4.78, 5) is 0. The minimum absolute atomic E-state index is 0.256. The molecular weight excluding hydrogens is 160 g/mol. The van der Waals surface area contributed by atoms with E-state index in [9.17, 15) is 0 Å². The third kappa shape index (κ3) is 2.76. The van der Waals surface area contributed by atoms with Crippen LogP contribution in [0.5, 0.6) is 5.75 Å². The van der Waals surface area contributed by atoms with Crippen LogP contribution in [-0.4, -0.2) is 6.10 Å². The predicted molar refractivity (Wildman–Crippen MR) is 56.3 cm³/mol. The van der Waals surface area contributed by atoms with E-state index in [0.29, 0.717) is 0 Å². The summed E-state index contributed by atoms with van der Waals surface area (Å²) < 4.78 is 5.64. The van der Waals surface area contributed by atoms with Gasteiger partial charge in [-0.05, 0) is 44.4 Å². The molecule has 0 bridgehead atoms. The van der Waals surface area contributed by atoms with E-state index in [0.717, 1.165) is 12.2 Å².